The zero-order valence-corrected chi connectivity index (χ0v) is 24.5. The zero-order valence-electron chi connectivity index (χ0n) is 22.9. The van der Waals surface area contributed by atoms with Crippen LogP contribution in [0.4, 0.5) is 20.9 Å². The van der Waals surface area contributed by atoms with Crippen molar-refractivity contribution in [3.05, 3.63) is 40.4 Å². The minimum Gasteiger partial charge on any atom is -0.389 e. The fourth-order valence-corrected chi connectivity index (χ4v) is 7.02. The summed E-state index contributed by atoms with van der Waals surface area (Å²) in [6, 6.07) is 10.4. The number of amides is 2. The van der Waals surface area contributed by atoms with Gasteiger partial charge in [-0.25, -0.2) is 14.8 Å². The zero-order chi connectivity index (χ0) is 28.1. The summed E-state index contributed by atoms with van der Waals surface area (Å²) in [7, 11) is 3.78. The lowest BCUT2D eigenvalue weighted by molar-refractivity contribution is 0.0144. The van der Waals surface area contributed by atoms with Crippen LogP contribution < -0.4 is 9.80 Å². The summed E-state index contributed by atoms with van der Waals surface area (Å²) in [6.07, 6.45) is 1.18. The van der Waals surface area contributed by atoms with E-state index in [1.54, 1.807) is 9.80 Å². The number of aryl methyl sites for hydroxylation is 2. The fraction of sp³-hybridized carbons (Fsp3) is 0.444. The quantitative estimate of drug-likeness (QED) is 0.369. The Kier molecular flexibility index (Phi) is 6.85. The number of hydrogen-bond donors (Lipinski definition) is 1. The number of carbonyl (C=O) groups excluding carboxylic acids is 1. The number of aliphatic hydroxyl groups excluding tert-OH is 1. The Hall–Kier alpha value is -3.73. The lowest BCUT2D eigenvalue weighted by atomic mass is 10.1. The number of benzene rings is 1. The number of β-amino-alcohol motifs (C(OH)–C–C–N with tert-alkyl or cyclic N) is 1. The van der Waals surface area contributed by atoms with Crippen LogP contribution >= 0.6 is 22.7 Å². The Labute approximate surface area is 240 Å². The molecule has 2 aliphatic rings. The number of fused-ring (bicyclic) bond motifs is 1. The third-order valence-electron chi connectivity index (χ3n) is 7.64. The van der Waals surface area contributed by atoms with Crippen LogP contribution in [0, 0.1) is 18.3 Å². The van der Waals surface area contributed by atoms with E-state index in [0.29, 0.717) is 35.3 Å². The predicted molar refractivity (Wildman–Crippen MR) is 157 cm³/mol. The summed E-state index contributed by atoms with van der Waals surface area (Å²) in [6.45, 7) is 6.40. The second-order valence-corrected chi connectivity index (χ2v) is 12.3. The highest BCUT2D eigenvalue weighted by Gasteiger charge is 2.36. The molecule has 1 unspecified atom stereocenters. The molecule has 3 aromatic heterocycles. The maximum atomic E-state index is 12.7. The van der Waals surface area contributed by atoms with E-state index >= 15 is 0 Å². The van der Waals surface area contributed by atoms with Crippen LogP contribution in [0.2, 0.25) is 0 Å². The number of aliphatic hydroxyl groups is 1. The molecule has 40 heavy (non-hydrogen) atoms. The van der Waals surface area contributed by atoms with Gasteiger partial charge in [-0.1, -0.05) is 59.4 Å². The van der Waals surface area contributed by atoms with Gasteiger partial charge in [0.2, 0.25) is 10.1 Å². The first-order valence-corrected chi connectivity index (χ1v) is 15.0. The molecule has 2 aliphatic heterocycles. The van der Waals surface area contributed by atoms with E-state index in [9.17, 15) is 15.2 Å². The molecule has 0 bridgehead atoms. The molecule has 11 nitrogen and oxygen atoms in total. The van der Waals surface area contributed by atoms with E-state index in [1.807, 2.05) is 54.7 Å². The topological polar surface area (TPSA) is 117 Å². The highest BCUT2D eigenvalue weighted by molar-refractivity contribution is 7.20. The molecule has 1 N–H and O–H groups in total. The minimum atomic E-state index is -0.408. The molecule has 5 heterocycles. The van der Waals surface area contributed by atoms with E-state index in [0.717, 1.165) is 52.1 Å². The molecule has 0 radical (unpaired) electrons. The maximum absolute atomic E-state index is 12.7. The average Bonchev–Trinajstić information content (AvgIpc) is 3.72. The van der Waals surface area contributed by atoms with Crippen molar-refractivity contribution in [2.45, 2.75) is 38.8 Å². The van der Waals surface area contributed by atoms with Crippen molar-refractivity contribution in [3.63, 3.8) is 0 Å². The van der Waals surface area contributed by atoms with Crippen molar-refractivity contribution in [1.29, 1.82) is 5.26 Å². The SMILES string of the molecule is CCc1nc2sc(N3CCC(N(C)C(=O)N4CC(O)C4)C3)nn2c1N(C)c1nc(-c2ccc(C)cc2)c(C#N)s1. The van der Waals surface area contributed by atoms with Crippen molar-refractivity contribution in [2.75, 3.05) is 50.1 Å². The second kappa shape index (κ2) is 10.3. The molecule has 0 aliphatic carbocycles. The average molecular weight is 578 g/mol. The lowest BCUT2D eigenvalue weighted by Crippen LogP contribution is -2.58. The minimum absolute atomic E-state index is 0.0345. The Morgan fingerprint density at radius 1 is 1.18 bits per heavy atom. The van der Waals surface area contributed by atoms with Gasteiger partial charge >= 0.3 is 6.03 Å². The Morgan fingerprint density at radius 3 is 2.60 bits per heavy atom. The molecule has 0 spiro atoms. The van der Waals surface area contributed by atoms with Gasteiger partial charge in [0.25, 0.3) is 0 Å². The number of aromatic nitrogens is 4. The first-order valence-electron chi connectivity index (χ1n) is 13.3. The van der Waals surface area contributed by atoms with Gasteiger partial charge in [0.15, 0.2) is 10.9 Å². The Bertz CT molecular complexity index is 1600. The largest absolute Gasteiger partial charge is 0.389 e. The number of imidazole rings is 1. The summed E-state index contributed by atoms with van der Waals surface area (Å²) >= 11 is 2.90. The van der Waals surface area contributed by atoms with Crippen LogP contribution in [0.25, 0.3) is 16.2 Å². The van der Waals surface area contributed by atoms with Crippen LogP contribution in [0.1, 0.15) is 29.5 Å². The van der Waals surface area contributed by atoms with Gasteiger partial charge < -0.3 is 24.7 Å². The van der Waals surface area contributed by atoms with Crippen LogP contribution in [0.5, 0.6) is 0 Å². The Balaban J connectivity index is 1.26. The van der Waals surface area contributed by atoms with Gasteiger partial charge in [0.05, 0.1) is 30.9 Å². The number of thiazole rings is 1. The number of anilines is 3. The third-order valence-corrected chi connectivity index (χ3v) is 9.64. The molecular weight excluding hydrogens is 546 g/mol. The van der Waals surface area contributed by atoms with Crippen molar-refractivity contribution >= 4 is 49.7 Å². The summed E-state index contributed by atoms with van der Waals surface area (Å²) in [4.78, 5) is 31.5. The number of nitriles is 1. The first-order chi connectivity index (χ1) is 19.3. The number of carbonyl (C=O) groups is 1. The monoisotopic (exact) mass is 577 g/mol. The van der Waals surface area contributed by atoms with E-state index in [4.69, 9.17) is 15.1 Å². The van der Waals surface area contributed by atoms with Crippen molar-refractivity contribution in [1.82, 2.24) is 29.4 Å². The van der Waals surface area contributed by atoms with Crippen molar-refractivity contribution in [3.8, 4) is 17.3 Å². The summed E-state index contributed by atoms with van der Waals surface area (Å²) in [5.41, 5.74) is 3.67. The molecule has 0 saturated carbocycles. The molecule has 2 amide bonds. The fourth-order valence-electron chi connectivity index (χ4n) is 5.22. The number of nitrogens with zero attached hydrogens (tertiary/aromatic N) is 9. The van der Waals surface area contributed by atoms with Crippen molar-refractivity contribution in [2.24, 2.45) is 0 Å². The van der Waals surface area contributed by atoms with E-state index < -0.39 is 6.10 Å². The maximum Gasteiger partial charge on any atom is 0.320 e. The van der Waals surface area contributed by atoms with Gasteiger partial charge in [-0.05, 0) is 19.8 Å². The summed E-state index contributed by atoms with van der Waals surface area (Å²) in [5.74, 6) is 0.841. The van der Waals surface area contributed by atoms with Crippen LogP contribution in [0.15, 0.2) is 24.3 Å². The van der Waals surface area contributed by atoms with Crippen LogP contribution in [-0.2, 0) is 6.42 Å². The second-order valence-electron chi connectivity index (χ2n) is 10.4. The highest BCUT2D eigenvalue weighted by Crippen LogP contribution is 2.38. The number of likely N-dealkylation sites (tertiary alicyclic amines) is 1. The third kappa shape index (κ3) is 4.55. The molecule has 1 atom stereocenters. The molecule has 13 heteroatoms. The number of urea groups is 1. The normalized spacial score (nSPS) is 17.4. The Morgan fingerprint density at radius 2 is 1.93 bits per heavy atom. The first kappa shape index (κ1) is 26.5. The van der Waals surface area contributed by atoms with Gasteiger partial charge in [0.1, 0.15) is 16.6 Å². The molecule has 1 aromatic carbocycles. The van der Waals surface area contributed by atoms with E-state index in [2.05, 4.69) is 17.9 Å². The van der Waals surface area contributed by atoms with Crippen LogP contribution in [0.3, 0.4) is 0 Å². The molecular formula is C27H31N9O2S2. The molecule has 208 valence electrons. The summed E-state index contributed by atoms with van der Waals surface area (Å²) in [5, 5.41) is 25.9. The number of rotatable bonds is 6. The smallest absolute Gasteiger partial charge is 0.320 e. The van der Waals surface area contributed by atoms with Gasteiger partial charge in [0, 0.05) is 32.7 Å². The van der Waals surface area contributed by atoms with E-state index in [-0.39, 0.29) is 12.1 Å². The lowest BCUT2D eigenvalue weighted by Gasteiger charge is -2.39. The van der Waals surface area contributed by atoms with Crippen LogP contribution in [-0.4, -0.2) is 92.9 Å². The van der Waals surface area contributed by atoms with Gasteiger partial charge in [-0.3, -0.25) is 0 Å². The highest BCUT2D eigenvalue weighted by atomic mass is 32.1. The molecule has 6 rings (SSSR count). The van der Waals surface area contributed by atoms with Gasteiger partial charge in [-0.15, -0.1) is 5.10 Å². The number of hydrogen-bond acceptors (Lipinski definition) is 10. The van der Waals surface area contributed by atoms with Gasteiger partial charge in [-0.2, -0.15) is 9.78 Å². The standard InChI is InChI=1S/C27H31N9O2S2/c1-5-20-23(33(4)24-30-22(21(12-28)39-24)17-8-6-16(2)7-9-17)36-25(29-20)40-26(31-36)34-11-10-18(13-34)32(3)27(38)35-14-19(37)15-35/h6-9,18-19,37H,5,10-11,13-15H2,1-4H3. The number of likely N-dealkylation sites (N-methyl/N-ethyl adjacent to an activating group) is 1. The van der Waals surface area contributed by atoms with E-state index in [1.165, 1.54) is 22.7 Å². The van der Waals surface area contributed by atoms with Crippen molar-refractivity contribution < 1.29 is 9.90 Å². The predicted octanol–water partition coefficient (Wildman–Crippen LogP) is 3.73. The summed E-state index contributed by atoms with van der Waals surface area (Å²) < 4.78 is 1.88. The molecule has 2 saturated heterocycles. The molecule has 4 aromatic rings. The molecule has 2 fully saturated rings.